The van der Waals surface area contributed by atoms with Crippen molar-refractivity contribution in [3.63, 3.8) is 0 Å². The Hall–Kier alpha value is -2.53. The summed E-state index contributed by atoms with van der Waals surface area (Å²) >= 11 is 0. The summed E-state index contributed by atoms with van der Waals surface area (Å²) in [5.41, 5.74) is 3.19. The van der Waals surface area contributed by atoms with E-state index in [-0.39, 0.29) is 11.9 Å². The molecule has 0 saturated carbocycles. The fourth-order valence-corrected chi connectivity index (χ4v) is 4.13. The molecule has 5 nitrogen and oxygen atoms in total. The van der Waals surface area contributed by atoms with Crippen molar-refractivity contribution in [2.45, 2.75) is 38.6 Å². The maximum Gasteiger partial charge on any atom is 0.279 e. The van der Waals surface area contributed by atoms with Gasteiger partial charge in [0.05, 0.1) is 26.3 Å². The number of quaternary nitrogens is 1. The normalized spacial score (nSPS) is 18.9. The van der Waals surface area contributed by atoms with Crippen LogP contribution < -0.4 is 19.7 Å². The van der Waals surface area contributed by atoms with Crippen LogP contribution in [0.25, 0.3) is 0 Å². The molecule has 1 fully saturated rings. The Morgan fingerprint density at radius 2 is 1.96 bits per heavy atom. The molecular weight excluding hydrogens is 352 g/mol. The van der Waals surface area contributed by atoms with Gasteiger partial charge in [-0.1, -0.05) is 32.0 Å². The van der Waals surface area contributed by atoms with E-state index in [2.05, 4.69) is 25.2 Å². The lowest BCUT2D eigenvalue weighted by Gasteiger charge is -2.23. The van der Waals surface area contributed by atoms with Crippen molar-refractivity contribution in [1.29, 1.82) is 0 Å². The van der Waals surface area contributed by atoms with Crippen LogP contribution in [-0.4, -0.2) is 33.2 Å². The Morgan fingerprint density at radius 3 is 2.68 bits per heavy atom. The highest BCUT2D eigenvalue weighted by Gasteiger charge is 2.34. The van der Waals surface area contributed by atoms with Gasteiger partial charge in [-0.3, -0.25) is 4.79 Å². The van der Waals surface area contributed by atoms with Gasteiger partial charge in [-0.05, 0) is 35.7 Å². The molecule has 1 aliphatic rings. The van der Waals surface area contributed by atoms with E-state index in [1.54, 1.807) is 14.2 Å². The first-order chi connectivity index (χ1) is 13.5. The van der Waals surface area contributed by atoms with Gasteiger partial charge in [0, 0.05) is 18.5 Å². The van der Waals surface area contributed by atoms with Crippen LogP contribution >= 0.6 is 0 Å². The number of hydrogen-bond donors (Lipinski definition) is 2. The summed E-state index contributed by atoms with van der Waals surface area (Å²) in [5.74, 6) is 2.09. The van der Waals surface area contributed by atoms with Gasteiger partial charge in [0.15, 0.2) is 6.54 Å². The van der Waals surface area contributed by atoms with Crippen molar-refractivity contribution >= 4 is 11.6 Å². The van der Waals surface area contributed by atoms with Gasteiger partial charge in [0.1, 0.15) is 17.5 Å². The predicted molar refractivity (Wildman–Crippen MR) is 111 cm³/mol. The summed E-state index contributed by atoms with van der Waals surface area (Å²) in [6.45, 7) is 5.70. The second kappa shape index (κ2) is 9.11. The molecule has 2 aromatic carbocycles. The minimum Gasteiger partial charge on any atom is -0.497 e. The first-order valence-electron chi connectivity index (χ1n) is 9.98. The largest absolute Gasteiger partial charge is 0.497 e. The summed E-state index contributed by atoms with van der Waals surface area (Å²) in [5, 5.41) is 3.13. The lowest BCUT2D eigenvalue weighted by molar-refractivity contribution is -0.910. The summed E-state index contributed by atoms with van der Waals surface area (Å²) in [4.78, 5) is 14.1. The monoisotopic (exact) mass is 383 g/mol. The molecule has 3 rings (SSSR count). The van der Waals surface area contributed by atoms with Crippen molar-refractivity contribution in [2.75, 3.05) is 32.6 Å². The minimum atomic E-state index is 0.0527. The molecule has 1 aliphatic heterocycles. The summed E-state index contributed by atoms with van der Waals surface area (Å²) in [6, 6.07) is 14.2. The number of hydrogen-bond acceptors (Lipinski definition) is 3. The van der Waals surface area contributed by atoms with Gasteiger partial charge >= 0.3 is 0 Å². The number of carbonyl (C=O) groups is 1. The zero-order chi connectivity index (χ0) is 20.1. The SMILES string of the molecule is COc1ccc(OC)c([C@H]2CCC[NH+]2CC(=O)Nc2ccccc2C(C)C)c1. The van der Waals surface area contributed by atoms with Crippen LogP contribution in [0.4, 0.5) is 5.69 Å². The number of amides is 1. The van der Waals surface area contributed by atoms with E-state index in [1.807, 2.05) is 36.4 Å². The van der Waals surface area contributed by atoms with E-state index in [0.717, 1.165) is 42.1 Å². The standard InChI is InChI=1S/C23H30N2O3/c1-16(2)18-8-5-6-9-20(18)24-23(26)15-25-13-7-10-21(25)19-14-17(27-3)11-12-22(19)28-4/h5-6,8-9,11-12,14,16,21H,7,10,13,15H2,1-4H3,(H,24,26)/p+1/t21-/m1/s1. The van der Waals surface area contributed by atoms with Crippen LogP contribution in [0.15, 0.2) is 42.5 Å². The highest BCUT2D eigenvalue weighted by molar-refractivity contribution is 5.92. The summed E-state index contributed by atoms with van der Waals surface area (Å²) < 4.78 is 11.0. The Bertz CT molecular complexity index is 819. The van der Waals surface area contributed by atoms with E-state index < -0.39 is 0 Å². The predicted octanol–water partition coefficient (Wildman–Crippen LogP) is 3.19. The molecule has 0 bridgehead atoms. The number of ether oxygens (including phenoxy) is 2. The van der Waals surface area contributed by atoms with E-state index in [9.17, 15) is 4.79 Å². The van der Waals surface area contributed by atoms with Crippen molar-refractivity contribution in [3.8, 4) is 11.5 Å². The molecule has 2 aromatic rings. The van der Waals surface area contributed by atoms with E-state index in [4.69, 9.17) is 9.47 Å². The first kappa shape index (κ1) is 20.2. The van der Waals surface area contributed by atoms with E-state index in [0.29, 0.717) is 12.5 Å². The highest BCUT2D eigenvalue weighted by atomic mass is 16.5. The molecule has 5 heteroatoms. The first-order valence-corrected chi connectivity index (χ1v) is 9.98. The fourth-order valence-electron chi connectivity index (χ4n) is 4.13. The Balaban J connectivity index is 1.75. The number of rotatable bonds is 7. The Morgan fingerprint density at radius 1 is 1.18 bits per heavy atom. The molecule has 1 unspecified atom stereocenters. The number of nitrogens with one attached hydrogen (secondary N) is 2. The number of anilines is 1. The zero-order valence-electron chi connectivity index (χ0n) is 17.2. The smallest absolute Gasteiger partial charge is 0.279 e. The number of likely N-dealkylation sites (tertiary alicyclic amines) is 1. The van der Waals surface area contributed by atoms with Crippen LogP contribution in [-0.2, 0) is 4.79 Å². The third kappa shape index (κ3) is 4.47. The Kier molecular flexibility index (Phi) is 6.57. The van der Waals surface area contributed by atoms with Crippen molar-refractivity contribution in [1.82, 2.24) is 0 Å². The molecule has 2 atom stereocenters. The molecule has 0 aliphatic carbocycles. The van der Waals surface area contributed by atoms with Gasteiger partial charge in [-0.25, -0.2) is 0 Å². The molecule has 2 N–H and O–H groups in total. The summed E-state index contributed by atoms with van der Waals surface area (Å²) in [7, 11) is 3.36. The third-order valence-corrected chi connectivity index (χ3v) is 5.54. The molecule has 0 aromatic heterocycles. The lowest BCUT2D eigenvalue weighted by Crippen LogP contribution is -3.11. The quantitative estimate of drug-likeness (QED) is 0.772. The van der Waals surface area contributed by atoms with Gasteiger partial charge in [0.2, 0.25) is 0 Å². The second-order valence-electron chi connectivity index (χ2n) is 7.68. The van der Waals surface area contributed by atoms with Crippen molar-refractivity contribution in [2.24, 2.45) is 0 Å². The molecule has 1 amide bonds. The molecule has 0 spiro atoms. The molecule has 28 heavy (non-hydrogen) atoms. The highest BCUT2D eigenvalue weighted by Crippen LogP contribution is 2.31. The van der Waals surface area contributed by atoms with Crippen LogP contribution in [0, 0.1) is 0 Å². The zero-order valence-corrected chi connectivity index (χ0v) is 17.2. The van der Waals surface area contributed by atoms with Gasteiger partial charge in [-0.2, -0.15) is 0 Å². The van der Waals surface area contributed by atoms with Crippen molar-refractivity contribution in [3.05, 3.63) is 53.6 Å². The van der Waals surface area contributed by atoms with Crippen LogP contribution in [0.5, 0.6) is 11.5 Å². The molecule has 0 radical (unpaired) electrons. The van der Waals surface area contributed by atoms with E-state index >= 15 is 0 Å². The average molecular weight is 384 g/mol. The lowest BCUT2D eigenvalue weighted by atomic mass is 10.0. The average Bonchev–Trinajstić information content (AvgIpc) is 3.15. The molecule has 150 valence electrons. The van der Waals surface area contributed by atoms with E-state index in [1.165, 1.54) is 10.5 Å². The minimum absolute atomic E-state index is 0.0527. The number of benzene rings is 2. The fraction of sp³-hybridized carbons (Fsp3) is 0.435. The van der Waals surface area contributed by atoms with Crippen molar-refractivity contribution < 1.29 is 19.2 Å². The maximum atomic E-state index is 12.8. The van der Waals surface area contributed by atoms with Crippen LogP contribution in [0.1, 0.15) is 49.8 Å². The van der Waals surface area contributed by atoms with Crippen LogP contribution in [0.2, 0.25) is 0 Å². The van der Waals surface area contributed by atoms with Gasteiger partial charge in [0.25, 0.3) is 5.91 Å². The number of carbonyl (C=O) groups excluding carboxylic acids is 1. The van der Waals surface area contributed by atoms with Gasteiger partial charge in [-0.15, -0.1) is 0 Å². The number of para-hydroxylation sites is 1. The third-order valence-electron chi connectivity index (χ3n) is 5.54. The topological polar surface area (TPSA) is 52.0 Å². The van der Waals surface area contributed by atoms with Gasteiger partial charge < -0.3 is 19.7 Å². The molecular formula is C23H31N2O3+. The molecule has 1 heterocycles. The number of methoxy groups -OCH3 is 2. The Labute approximate surface area is 167 Å². The second-order valence-corrected chi connectivity index (χ2v) is 7.68. The summed E-state index contributed by atoms with van der Waals surface area (Å²) in [6.07, 6.45) is 2.13. The van der Waals surface area contributed by atoms with Crippen LogP contribution in [0.3, 0.4) is 0 Å². The molecule has 1 saturated heterocycles. The maximum absolute atomic E-state index is 12.8.